The van der Waals surface area contributed by atoms with Gasteiger partial charge in [-0.15, -0.1) is 0 Å². The molecule has 112 valence electrons. The van der Waals surface area contributed by atoms with E-state index in [4.69, 9.17) is 9.47 Å². The van der Waals surface area contributed by atoms with Crippen molar-refractivity contribution in [2.75, 3.05) is 7.11 Å². The molecule has 0 aliphatic heterocycles. The molecule has 21 heavy (non-hydrogen) atoms. The summed E-state index contributed by atoms with van der Waals surface area (Å²) in [7, 11) is 1.57. The van der Waals surface area contributed by atoms with E-state index in [9.17, 15) is 9.50 Å². The van der Waals surface area contributed by atoms with Crippen LogP contribution >= 0.6 is 31.9 Å². The lowest BCUT2D eigenvalue weighted by Crippen LogP contribution is -1.98. The summed E-state index contributed by atoms with van der Waals surface area (Å²) in [6.07, 6.45) is -0.837. The number of ether oxygens (including phenoxy) is 2. The zero-order valence-corrected chi connectivity index (χ0v) is 14.5. The molecule has 0 bridgehead atoms. The van der Waals surface area contributed by atoms with Crippen LogP contribution in [0.3, 0.4) is 0 Å². The van der Waals surface area contributed by atoms with Crippen LogP contribution in [0.15, 0.2) is 39.3 Å². The third-order valence-electron chi connectivity index (χ3n) is 2.85. The summed E-state index contributed by atoms with van der Waals surface area (Å²) in [6, 6.07) is 7.52. The van der Waals surface area contributed by atoms with Crippen molar-refractivity contribution in [2.24, 2.45) is 0 Å². The standard InChI is InChI=1S/C15H13Br2FO3/c1-8(19)10-5-9(18)3-4-13(10)21-15-7-11(16)14(20-2)6-12(15)17/h3-8,19H,1-2H3. The highest BCUT2D eigenvalue weighted by atomic mass is 79.9. The van der Waals surface area contributed by atoms with E-state index in [1.165, 1.54) is 18.2 Å². The summed E-state index contributed by atoms with van der Waals surface area (Å²) in [5.41, 5.74) is 0.383. The number of aliphatic hydroxyl groups excluding tert-OH is 1. The Balaban J connectivity index is 2.41. The molecule has 0 radical (unpaired) electrons. The number of aliphatic hydroxyl groups is 1. The fourth-order valence-corrected chi connectivity index (χ4v) is 2.69. The smallest absolute Gasteiger partial charge is 0.143 e. The highest BCUT2D eigenvalue weighted by Gasteiger charge is 2.14. The van der Waals surface area contributed by atoms with Gasteiger partial charge in [0.25, 0.3) is 0 Å². The SMILES string of the molecule is COc1cc(Br)c(Oc2ccc(F)cc2C(C)O)cc1Br. The van der Waals surface area contributed by atoms with Crippen LogP contribution in [0.2, 0.25) is 0 Å². The zero-order chi connectivity index (χ0) is 15.6. The van der Waals surface area contributed by atoms with Gasteiger partial charge in [0.05, 0.1) is 22.2 Å². The number of halogens is 3. The molecular weight excluding hydrogens is 407 g/mol. The lowest BCUT2D eigenvalue weighted by molar-refractivity contribution is 0.195. The predicted octanol–water partition coefficient (Wildman–Crippen LogP) is 5.20. The van der Waals surface area contributed by atoms with Crippen LogP contribution in [0, 0.1) is 5.82 Å². The Hall–Kier alpha value is -1.11. The second-order valence-corrected chi connectivity index (χ2v) is 6.09. The van der Waals surface area contributed by atoms with Crippen molar-refractivity contribution in [1.82, 2.24) is 0 Å². The van der Waals surface area contributed by atoms with Crippen molar-refractivity contribution in [1.29, 1.82) is 0 Å². The Morgan fingerprint density at radius 3 is 2.29 bits per heavy atom. The highest BCUT2D eigenvalue weighted by Crippen LogP contribution is 2.39. The molecule has 0 aromatic heterocycles. The topological polar surface area (TPSA) is 38.7 Å². The summed E-state index contributed by atoms with van der Waals surface area (Å²) >= 11 is 6.77. The first-order valence-electron chi connectivity index (χ1n) is 6.10. The van der Waals surface area contributed by atoms with E-state index < -0.39 is 11.9 Å². The van der Waals surface area contributed by atoms with Crippen molar-refractivity contribution < 1.29 is 19.0 Å². The van der Waals surface area contributed by atoms with Crippen LogP contribution in [0.4, 0.5) is 4.39 Å². The molecule has 2 rings (SSSR count). The first-order valence-corrected chi connectivity index (χ1v) is 7.69. The normalized spacial score (nSPS) is 12.1. The van der Waals surface area contributed by atoms with E-state index in [1.807, 2.05) is 0 Å². The van der Waals surface area contributed by atoms with Gasteiger partial charge in [0.2, 0.25) is 0 Å². The van der Waals surface area contributed by atoms with Gasteiger partial charge in [-0.05, 0) is 69.1 Å². The van der Waals surface area contributed by atoms with Crippen molar-refractivity contribution in [2.45, 2.75) is 13.0 Å². The minimum atomic E-state index is -0.837. The maximum atomic E-state index is 13.3. The highest BCUT2D eigenvalue weighted by molar-refractivity contribution is 9.11. The van der Waals surface area contributed by atoms with Crippen molar-refractivity contribution in [3.05, 3.63) is 50.7 Å². The first kappa shape index (κ1) is 16.3. The number of hydrogen-bond donors (Lipinski definition) is 1. The number of rotatable bonds is 4. The molecule has 0 aliphatic carbocycles. The molecule has 0 spiro atoms. The molecule has 3 nitrogen and oxygen atoms in total. The van der Waals surface area contributed by atoms with Crippen LogP contribution in [0.5, 0.6) is 17.2 Å². The Morgan fingerprint density at radius 1 is 1.05 bits per heavy atom. The second kappa shape index (κ2) is 6.77. The van der Waals surface area contributed by atoms with Gasteiger partial charge >= 0.3 is 0 Å². The fourth-order valence-electron chi connectivity index (χ4n) is 1.80. The minimum absolute atomic E-state index is 0.383. The summed E-state index contributed by atoms with van der Waals surface area (Å²) in [5, 5.41) is 9.73. The second-order valence-electron chi connectivity index (χ2n) is 4.38. The van der Waals surface area contributed by atoms with Gasteiger partial charge in [0.1, 0.15) is 23.1 Å². The zero-order valence-electron chi connectivity index (χ0n) is 11.4. The van der Waals surface area contributed by atoms with E-state index in [0.29, 0.717) is 27.3 Å². The molecule has 0 amide bonds. The minimum Gasteiger partial charge on any atom is -0.496 e. The third kappa shape index (κ3) is 3.75. The van der Waals surface area contributed by atoms with Crippen molar-refractivity contribution >= 4 is 31.9 Å². The predicted molar refractivity (Wildman–Crippen MR) is 85.5 cm³/mol. The van der Waals surface area contributed by atoms with Crippen LogP contribution in [-0.2, 0) is 0 Å². The maximum Gasteiger partial charge on any atom is 0.143 e. The molecule has 2 aromatic rings. The number of hydrogen-bond acceptors (Lipinski definition) is 3. The number of benzene rings is 2. The third-order valence-corrected chi connectivity index (χ3v) is 4.09. The molecule has 6 heteroatoms. The Bertz CT molecular complexity index is 660. The molecule has 0 heterocycles. The Labute approximate surface area is 139 Å². The molecule has 0 fully saturated rings. The summed E-state index contributed by atoms with van der Waals surface area (Å²) in [6.45, 7) is 1.56. The molecule has 0 saturated heterocycles. The van der Waals surface area contributed by atoms with Gasteiger partial charge in [-0.2, -0.15) is 0 Å². The van der Waals surface area contributed by atoms with Crippen LogP contribution < -0.4 is 9.47 Å². The molecule has 1 unspecified atom stereocenters. The van der Waals surface area contributed by atoms with E-state index in [2.05, 4.69) is 31.9 Å². The molecular formula is C15H13Br2FO3. The Kier molecular flexibility index (Phi) is 5.24. The average Bonchev–Trinajstić information content (AvgIpc) is 2.44. The van der Waals surface area contributed by atoms with Crippen molar-refractivity contribution in [3.63, 3.8) is 0 Å². The van der Waals surface area contributed by atoms with Gasteiger partial charge in [-0.1, -0.05) is 0 Å². The fraction of sp³-hybridized carbons (Fsp3) is 0.200. The van der Waals surface area contributed by atoms with E-state index in [1.54, 1.807) is 26.2 Å². The monoisotopic (exact) mass is 418 g/mol. The number of methoxy groups -OCH3 is 1. The van der Waals surface area contributed by atoms with Gasteiger partial charge < -0.3 is 14.6 Å². The molecule has 1 N–H and O–H groups in total. The van der Waals surface area contributed by atoms with Crippen molar-refractivity contribution in [3.8, 4) is 17.2 Å². The average molecular weight is 420 g/mol. The van der Waals surface area contributed by atoms with E-state index in [-0.39, 0.29) is 0 Å². The van der Waals surface area contributed by atoms with Crippen LogP contribution in [0.25, 0.3) is 0 Å². The molecule has 1 atom stereocenters. The molecule has 2 aromatic carbocycles. The van der Waals surface area contributed by atoms with Crippen LogP contribution in [0.1, 0.15) is 18.6 Å². The lowest BCUT2D eigenvalue weighted by atomic mass is 10.1. The van der Waals surface area contributed by atoms with Gasteiger partial charge in [-0.3, -0.25) is 0 Å². The molecule has 0 saturated carbocycles. The van der Waals surface area contributed by atoms with Crippen LogP contribution in [-0.4, -0.2) is 12.2 Å². The van der Waals surface area contributed by atoms with Gasteiger partial charge in [0, 0.05) is 5.56 Å². The van der Waals surface area contributed by atoms with Gasteiger partial charge in [-0.25, -0.2) is 4.39 Å². The van der Waals surface area contributed by atoms with E-state index >= 15 is 0 Å². The van der Waals surface area contributed by atoms with Gasteiger partial charge in [0.15, 0.2) is 0 Å². The largest absolute Gasteiger partial charge is 0.496 e. The lowest BCUT2D eigenvalue weighted by Gasteiger charge is -2.15. The van der Waals surface area contributed by atoms with E-state index in [0.717, 1.165) is 4.47 Å². The maximum absolute atomic E-state index is 13.3. The quantitative estimate of drug-likeness (QED) is 0.739. The summed E-state index contributed by atoms with van der Waals surface area (Å²) in [4.78, 5) is 0. The molecule has 0 aliphatic rings. The summed E-state index contributed by atoms with van der Waals surface area (Å²) in [5.74, 6) is 1.15. The Morgan fingerprint density at radius 2 is 1.67 bits per heavy atom. The summed E-state index contributed by atoms with van der Waals surface area (Å²) < 4.78 is 25.7. The first-order chi connectivity index (χ1) is 9.92.